The third-order valence-corrected chi connectivity index (χ3v) is 6.02. The summed E-state index contributed by atoms with van der Waals surface area (Å²) in [6.07, 6.45) is -0.380. The van der Waals surface area contributed by atoms with Crippen LogP contribution in [-0.2, 0) is 10.2 Å². The van der Waals surface area contributed by atoms with Crippen LogP contribution in [0.15, 0.2) is 30.3 Å². The van der Waals surface area contributed by atoms with Crippen LogP contribution >= 0.6 is 0 Å². The number of amidine groups is 1. The number of carbonyl (C=O) groups excluding carboxylic acids is 1. The van der Waals surface area contributed by atoms with Crippen LogP contribution in [0.25, 0.3) is 11.1 Å². The summed E-state index contributed by atoms with van der Waals surface area (Å²) < 4.78 is 27.3. The fourth-order valence-corrected chi connectivity index (χ4v) is 4.40. The molecule has 2 aromatic rings. The van der Waals surface area contributed by atoms with E-state index in [4.69, 9.17) is 11.1 Å². The molecule has 4 rings (SSSR count). The molecule has 1 heterocycles. The van der Waals surface area contributed by atoms with Gasteiger partial charge in [-0.15, -0.1) is 0 Å². The lowest BCUT2D eigenvalue weighted by molar-refractivity contribution is -0.125. The van der Waals surface area contributed by atoms with Crippen molar-refractivity contribution >= 4 is 17.4 Å². The van der Waals surface area contributed by atoms with Gasteiger partial charge in [-0.25, -0.2) is 8.78 Å². The van der Waals surface area contributed by atoms with Gasteiger partial charge in [0, 0.05) is 24.1 Å². The molecule has 0 aromatic heterocycles. The Morgan fingerprint density at radius 1 is 1.18 bits per heavy atom. The molecular weight excluding hydrogens is 364 g/mol. The molecule has 5 N–H and O–H groups in total. The number of alkyl halides is 2. The van der Waals surface area contributed by atoms with Gasteiger partial charge in [-0.3, -0.25) is 10.2 Å². The van der Waals surface area contributed by atoms with Crippen molar-refractivity contribution in [1.29, 1.82) is 5.41 Å². The summed E-state index contributed by atoms with van der Waals surface area (Å²) in [7, 11) is 0. The van der Waals surface area contributed by atoms with Gasteiger partial charge < -0.3 is 16.2 Å². The Morgan fingerprint density at radius 2 is 1.86 bits per heavy atom. The standard InChI is InChI=1S/C21H21F2N3O2/c1-11-2-4-13(18(24)25)17(27)16(11)12-3-5-14-15(10-12)26-19(28)20(14)6-8-21(22,23)9-7-20/h2-5,10,27H,6-9H2,1H3,(H3,24,25)(H,26,28). The maximum absolute atomic E-state index is 13.6. The van der Waals surface area contributed by atoms with Crippen LogP contribution in [0.3, 0.4) is 0 Å². The van der Waals surface area contributed by atoms with Crippen molar-refractivity contribution in [1.82, 2.24) is 0 Å². The number of phenolic OH excluding ortho intramolecular Hbond substituents is 1. The third kappa shape index (κ3) is 2.65. The highest BCUT2D eigenvalue weighted by molar-refractivity contribution is 6.07. The first-order chi connectivity index (χ1) is 13.1. The fraction of sp³-hybridized carbons (Fsp3) is 0.333. The highest BCUT2D eigenvalue weighted by Gasteiger charge is 2.52. The average Bonchev–Trinajstić information content (AvgIpc) is 2.88. The van der Waals surface area contributed by atoms with Gasteiger partial charge in [-0.2, -0.15) is 0 Å². The molecular formula is C21H21F2N3O2. The van der Waals surface area contributed by atoms with Gasteiger partial charge in [0.25, 0.3) is 0 Å². The van der Waals surface area contributed by atoms with Crippen molar-refractivity contribution in [2.24, 2.45) is 5.73 Å². The summed E-state index contributed by atoms with van der Waals surface area (Å²) in [5, 5.41) is 21.1. The molecule has 0 bridgehead atoms. The van der Waals surface area contributed by atoms with Crippen LogP contribution in [0.4, 0.5) is 14.5 Å². The van der Waals surface area contributed by atoms with E-state index < -0.39 is 11.3 Å². The second kappa shape index (κ2) is 6.02. The lowest BCUT2D eigenvalue weighted by Crippen LogP contribution is -2.41. The topological polar surface area (TPSA) is 99.2 Å². The molecule has 28 heavy (non-hydrogen) atoms. The second-order valence-electron chi connectivity index (χ2n) is 7.72. The maximum Gasteiger partial charge on any atom is 0.248 e. The molecule has 1 aliphatic carbocycles. The number of rotatable bonds is 2. The molecule has 7 heteroatoms. The lowest BCUT2D eigenvalue weighted by atomic mass is 9.69. The minimum Gasteiger partial charge on any atom is -0.507 e. The number of benzene rings is 2. The first-order valence-electron chi connectivity index (χ1n) is 9.16. The number of halogens is 2. The van der Waals surface area contributed by atoms with Gasteiger partial charge in [-0.1, -0.05) is 18.2 Å². The summed E-state index contributed by atoms with van der Waals surface area (Å²) in [5.74, 6) is -3.29. The molecule has 5 nitrogen and oxygen atoms in total. The zero-order valence-electron chi connectivity index (χ0n) is 15.4. The summed E-state index contributed by atoms with van der Waals surface area (Å²) in [5.41, 5.74) is 8.16. The molecule has 0 atom stereocenters. The Hall–Kier alpha value is -2.96. The Balaban J connectivity index is 1.79. The molecule has 1 aliphatic heterocycles. The molecule has 0 radical (unpaired) electrons. The van der Waals surface area contributed by atoms with E-state index in [0.717, 1.165) is 11.1 Å². The molecule has 0 saturated heterocycles. The van der Waals surface area contributed by atoms with Gasteiger partial charge in [-0.05, 0) is 48.6 Å². The number of amides is 1. The van der Waals surface area contributed by atoms with Crippen LogP contribution in [0, 0.1) is 12.3 Å². The predicted molar refractivity (Wildman–Crippen MR) is 103 cm³/mol. The minimum atomic E-state index is -2.72. The SMILES string of the molecule is Cc1ccc(C(=N)N)c(O)c1-c1ccc2c(c1)NC(=O)C21CCC(F)(F)CC1. The Morgan fingerprint density at radius 3 is 2.50 bits per heavy atom. The summed E-state index contributed by atoms with van der Waals surface area (Å²) in [6, 6.07) is 8.66. The number of phenols is 1. The van der Waals surface area contributed by atoms with E-state index in [9.17, 15) is 18.7 Å². The molecule has 1 fully saturated rings. The Kier molecular flexibility index (Phi) is 3.96. The third-order valence-electron chi connectivity index (χ3n) is 6.02. The molecule has 0 unspecified atom stereocenters. The largest absolute Gasteiger partial charge is 0.507 e. The zero-order valence-corrected chi connectivity index (χ0v) is 15.4. The smallest absolute Gasteiger partial charge is 0.248 e. The van der Waals surface area contributed by atoms with E-state index in [1.165, 1.54) is 0 Å². The summed E-state index contributed by atoms with van der Waals surface area (Å²) >= 11 is 0. The van der Waals surface area contributed by atoms with Gasteiger partial charge in [0.05, 0.1) is 11.0 Å². The van der Waals surface area contributed by atoms with Gasteiger partial charge in [0.15, 0.2) is 0 Å². The van der Waals surface area contributed by atoms with Crippen molar-refractivity contribution in [2.45, 2.75) is 43.9 Å². The van der Waals surface area contributed by atoms with E-state index in [0.29, 0.717) is 16.8 Å². The number of nitrogen functional groups attached to an aromatic ring is 1. The van der Waals surface area contributed by atoms with Crippen molar-refractivity contribution < 1.29 is 18.7 Å². The number of carbonyl (C=O) groups is 1. The second-order valence-corrected chi connectivity index (χ2v) is 7.72. The normalized spacial score (nSPS) is 19.3. The molecule has 2 aromatic carbocycles. The van der Waals surface area contributed by atoms with Crippen molar-refractivity contribution in [2.75, 3.05) is 5.32 Å². The molecule has 1 amide bonds. The van der Waals surface area contributed by atoms with E-state index in [2.05, 4.69) is 5.32 Å². The fourth-order valence-electron chi connectivity index (χ4n) is 4.40. The summed E-state index contributed by atoms with van der Waals surface area (Å²) in [6.45, 7) is 1.83. The van der Waals surface area contributed by atoms with Gasteiger partial charge >= 0.3 is 0 Å². The van der Waals surface area contributed by atoms with E-state index in [-0.39, 0.29) is 48.7 Å². The Labute approximate surface area is 161 Å². The number of hydrogen-bond acceptors (Lipinski definition) is 3. The quantitative estimate of drug-likeness (QED) is 0.463. The Bertz CT molecular complexity index is 1010. The number of nitrogens with two attached hydrogens (primary N) is 1. The zero-order chi connectivity index (χ0) is 20.3. The van der Waals surface area contributed by atoms with Crippen molar-refractivity contribution in [3.05, 3.63) is 47.0 Å². The van der Waals surface area contributed by atoms with E-state index in [1.807, 2.05) is 6.92 Å². The average molecular weight is 385 g/mol. The predicted octanol–water partition coefficient (Wildman–Crippen LogP) is 4.05. The highest BCUT2D eigenvalue weighted by atomic mass is 19.3. The minimum absolute atomic E-state index is 0.0937. The maximum atomic E-state index is 13.6. The number of fused-ring (bicyclic) bond motifs is 2. The number of hydrogen-bond donors (Lipinski definition) is 4. The van der Waals surface area contributed by atoms with Gasteiger partial charge in [0.2, 0.25) is 11.8 Å². The van der Waals surface area contributed by atoms with Crippen LogP contribution in [0.2, 0.25) is 0 Å². The molecule has 146 valence electrons. The highest BCUT2D eigenvalue weighted by Crippen LogP contribution is 2.52. The summed E-state index contributed by atoms with van der Waals surface area (Å²) in [4.78, 5) is 12.7. The molecule has 1 saturated carbocycles. The van der Waals surface area contributed by atoms with Gasteiger partial charge in [0.1, 0.15) is 11.6 Å². The molecule has 2 aliphatic rings. The molecule has 1 spiro atoms. The monoisotopic (exact) mass is 385 g/mol. The van der Waals surface area contributed by atoms with Crippen molar-refractivity contribution in [3.63, 3.8) is 0 Å². The van der Waals surface area contributed by atoms with Crippen LogP contribution < -0.4 is 11.1 Å². The van der Waals surface area contributed by atoms with Crippen LogP contribution in [-0.4, -0.2) is 22.8 Å². The number of anilines is 1. The number of nitrogens with one attached hydrogen (secondary N) is 2. The van der Waals surface area contributed by atoms with E-state index in [1.54, 1.807) is 30.3 Å². The number of aromatic hydroxyl groups is 1. The lowest BCUT2D eigenvalue weighted by Gasteiger charge is -2.35. The first-order valence-corrected chi connectivity index (χ1v) is 9.16. The van der Waals surface area contributed by atoms with Crippen LogP contribution in [0.5, 0.6) is 5.75 Å². The first kappa shape index (κ1) is 18.4. The number of aryl methyl sites for hydroxylation is 1. The van der Waals surface area contributed by atoms with E-state index >= 15 is 0 Å². The van der Waals surface area contributed by atoms with Crippen LogP contribution in [0.1, 0.15) is 42.4 Å². The van der Waals surface area contributed by atoms with Crippen molar-refractivity contribution in [3.8, 4) is 16.9 Å².